The number of ether oxygens (including phenoxy) is 3. The molecule has 0 radical (unpaired) electrons. The van der Waals surface area contributed by atoms with Crippen LogP contribution >= 0.6 is 11.8 Å². The van der Waals surface area contributed by atoms with Gasteiger partial charge in [0.15, 0.2) is 0 Å². The molecule has 0 aliphatic heterocycles. The van der Waals surface area contributed by atoms with E-state index in [2.05, 4.69) is 12.1 Å². The van der Waals surface area contributed by atoms with Crippen molar-refractivity contribution in [1.82, 2.24) is 0 Å². The Bertz CT molecular complexity index is 513. The largest absolute Gasteiger partial charge is 0.494 e. The van der Waals surface area contributed by atoms with Crippen molar-refractivity contribution < 1.29 is 14.2 Å². The van der Waals surface area contributed by atoms with E-state index < -0.39 is 0 Å². The third-order valence-electron chi connectivity index (χ3n) is 3.35. The monoisotopic (exact) mass is 346 g/mol. The van der Waals surface area contributed by atoms with Gasteiger partial charge in [-0.1, -0.05) is 0 Å². The fourth-order valence-corrected chi connectivity index (χ4v) is 3.09. The highest BCUT2D eigenvalue weighted by molar-refractivity contribution is 7.99. The van der Waals surface area contributed by atoms with Crippen molar-refractivity contribution in [3.63, 3.8) is 0 Å². The summed E-state index contributed by atoms with van der Waals surface area (Å²) >= 11 is 1.87. The average Bonchev–Trinajstić information content (AvgIpc) is 2.61. The Hall–Kier alpha value is -1.81. The van der Waals surface area contributed by atoms with Crippen LogP contribution in [0.15, 0.2) is 53.4 Å². The highest BCUT2D eigenvalue weighted by Gasteiger charge is 1.98. The molecule has 0 saturated carbocycles. The summed E-state index contributed by atoms with van der Waals surface area (Å²) in [5, 5.41) is 0. The lowest BCUT2D eigenvalue weighted by molar-refractivity contribution is 0.307. The van der Waals surface area contributed by atoms with Crippen LogP contribution in [-0.4, -0.2) is 25.6 Å². The van der Waals surface area contributed by atoms with Crippen LogP contribution in [0.3, 0.4) is 0 Å². The van der Waals surface area contributed by atoms with Gasteiger partial charge in [0.2, 0.25) is 0 Å². The molecule has 0 N–H and O–H groups in total. The predicted molar refractivity (Wildman–Crippen MR) is 101 cm³/mol. The molecule has 0 atom stereocenters. The van der Waals surface area contributed by atoms with Gasteiger partial charge in [-0.2, -0.15) is 0 Å². The Balaban J connectivity index is 1.57. The van der Waals surface area contributed by atoms with Crippen molar-refractivity contribution in [1.29, 1.82) is 0 Å². The molecule has 0 heterocycles. The summed E-state index contributed by atoms with van der Waals surface area (Å²) in [6.45, 7) is 6.12. The van der Waals surface area contributed by atoms with Crippen molar-refractivity contribution in [2.45, 2.75) is 31.6 Å². The number of unbranched alkanes of at least 4 members (excludes halogenated alkanes) is 1. The molecular formula is C20H26O3S. The van der Waals surface area contributed by atoms with E-state index in [1.54, 1.807) is 0 Å². The summed E-state index contributed by atoms with van der Waals surface area (Å²) in [6.07, 6.45) is 2.19. The topological polar surface area (TPSA) is 27.7 Å². The smallest absolute Gasteiger partial charge is 0.119 e. The molecule has 3 nitrogen and oxygen atoms in total. The van der Waals surface area contributed by atoms with Gasteiger partial charge in [0, 0.05) is 4.90 Å². The van der Waals surface area contributed by atoms with Crippen LogP contribution < -0.4 is 14.2 Å². The van der Waals surface area contributed by atoms with Gasteiger partial charge < -0.3 is 14.2 Å². The molecule has 0 saturated heterocycles. The number of thioether (sulfide) groups is 1. The average molecular weight is 346 g/mol. The van der Waals surface area contributed by atoms with E-state index in [1.165, 1.54) is 4.90 Å². The van der Waals surface area contributed by atoms with Crippen LogP contribution in [0, 0.1) is 0 Å². The van der Waals surface area contributed by atoms with E-state index in [1.807, 2.05) is 62.0 Å². The fourth-order valence-electron chi connectivity index (χ4n) is 2.18. The molecule has 0 fully saturated rings. The fraction of sp³-hybridized carbons (Fsp3) is 0.400. The molecule has 0 aliphatic rings. The molecule has 0 spiro atoms. The molecule has 0 amide bonds. The molecule has 24 heavy (non-hydrogen) atoms. The summed E-state index contributed by atoms with van der Waals surface area (Å²) in [5.41, 5.74) is 0. The molecule has 0 aliphatic carbocycles. The highest BCUT2D eigenvalue weighted by atomic mass is 32.2. The van der Waals surface area contributed by atoms with Gasteiger partial charge >= 0.3 is 0 Å². The van der Waals surface area contributed by atoms with Gasteiger partial charge in [0.05, 0.1) is 19.8 Å². The van der Waals surface area contributed by atoms with Crippen LogP contribution in [-0.2, 0) is 0 Å². The zero-order chi connectivity index (χ0) is 17.0. The highest BCUT2D eigenvalue weighted by Crippen LogP contribution is 2.23. The predicted octanol–water partition coefficient (Wildman–Crippen LogP) is 5.44. The van der Waals surface area contributed by atoms with Gasteiger partial charge in [0.25, 0.3) is 0 Å². The summed E-state index contributed by atoms with van der Waals surface area (Å²) in [7, 11) is 0. The van der Waals surface area contributed by atoms with Crippen LogP contribution in [0.25, 0.3) is 0 Å². The van der Waals surface area contributed by atoms with Crippen LogP contribution in [0.4, 0.5) is 0 Å². The van der Waals surface area contributed by atoms with Gasteiger partial charge in [-0.05, 0) is 81.0 Å². The standard InChI is InChI=1S/C20H26O3S/c1-3-21-17-7-9-19(10-8-17)23-15-5-6-16-24-20-13-11-18(12-14-20)22-4-2/h7-14H,3-6,15-16H2,1-2H3. The second-order valence-corrected chi connectivity index (χ2v) is 6.38. The molecule has 0 unspecified atom stereocenters. The summed E-state index contributed by atoms with van der Waals surface area (Å²) < 4.78 is 16.6. The summed E-state index contributed by atoms with van der Waals surface area (Å²) in [6, 6.07) is 16.1. The quantitative estimate of drug-likeness (QED) is 0.400. The zero-order valence-electron chi connectivity index (χ0n) is 14.5. The van der Waals surface area contributed by atoms with Gasteiger partial charge in [-0.25, -0.2) is 0 Å². The van der Waals surface area contributed by atoms with Gasteiger partial charge in [0.1, 0.15) is 17.2 Å². The van der Waals surface area contributed by atoms with Crippen molar-refractivity contribution >= 4 is 11.8 Å². The Labute approximate surface area is 149 Å². The minimum Gasteiger partial charge on any atom is -0.494 e. The minimum absolute atomic E-state index is 0.687. The lowest BCUT2D eigenvalue weighted by Crippen LogP contribution is -1.98. The first-order valence-corrected chi connectivity index (χ1v) is 9.51. The number of benzene rings is 2. The van der Waals surface area contributed by atoms with E-state index >= 15 is 0 Å². The molecule has 2 aromatic carbocycles. The molecule has 2 aromatic rings. The van der Waals surface area contributed by atoms with E-state index in [9.17, 15) is 0 Å². The summed E-state index contributed by atoms with van der Waals surface area (Å²) in [5.74, 6) is 3.82. The van der Waals surface area contributed by atoms with Crippen molar-refractivity contribution in [3.05, 3.63) is 48.5 Å². The number of rotatable bonds is 11. The normalized spacial score (nSPS) is 10.4. The number of hydrogen-bond donors (Lipinski definition) is 0. The maximum absolute atomic E-state index is 5.75. The van der Waals surface area contributed by atoms with Crippen LogP contribution in [0.2, 0.25) is 0 Å². The molecule has 0 aromatic heterocycles. The van der Waals surface area contributed by atoms with E-state index in [0.29, 0.717) is 13.2 Å². The molecule has 130 valence electrons. The lowest BCUT2D eigenvalue weighted by Gasteiger charge is -2.08. The van der Waals surface area contributed by atoms with Gasteiger partial charge in [-0.15, -0.1) is 11.8 Å². The van der Waals surface area contributed by atoms with Crippen LogP contribution in [0.5, 0.6) is 17.2 Å². The Morgan fingerprint density at radius 1 is 0.667 bits per heavy atom. The first kappa shape index (κ1) is 18.5. The van der Waals surface area contributed by atoms with Crippen molar-refractivity contribution in [3.8, 4) is 17.2 Å². The SMILES string of the molecule is CCOc1ccc(OCCCCSc2ccc(OCC)cc2)cc1. The number of hydrogen-bond acceptors (Lipinski definition) is 4. The first-order valence-electron chi connectivity index (χ1n) is 8.53. The minimum atomic E-state index is 0.687. The molecule has 2 rings (SSSR count). The maximum atomic E-state index is 5.75. The molecule has 0 bridgehead atoms. The Morgan fingerprint density at radius 3 is 1.71 bits per heavy atom. The molecular weight excluding hydrogens is 320 g/mol. The van der Waals surface area contributed by atoms with E-state index in [4.69, 9.17) is 14.2 Å². The Morgan fingerprint density at radius 2 is 1.17 bits per heavy atom. The second kappa shape index (κ2) is 10.9. The van der Waals surface area contributed by atoms with Crippen LogP contribution in [0.1, 0.15) is 26.7 Å². The van der Waals surface area contributed by atoms with Gasteiger partial charge in [-0.3, -0.25) is 0 Å². The first-order chi connectivity index (χ1) is 11.8. The van der Waals surface area contributed by atoms with E-state index in [0.717, 1.165) is 42.4 Å². The molecule has 4 heteroatoms. The third-order valence-corrected chi connectivity index (χ3v) is 4.44. The second-order valence-electron chi connectivity index (χ2n) is 5.21. The maximum Gasteiger partial charge on any atom is 0.119 e. The Kier molecular flexibility index (Phi) is 8.39. The summed E-state index contributed by atoms with van der Waals surface area (Å²) in [4.78, 5) is 1.28. The van der Waals surface area contributed by atoms with Crippen molar-refractivity contribution in [2.24, 2.45) is 0 Å². The zero-order valence-corrected chi connectivity index (χ0v) is 15.3. The van der Waals surface area contributed by atoms with Crippen molar-refractivity contribution in [2.75, 3.05) is 25.6 Å². The lowest BCUT2D eigenvalue weighted by atomic mass is 10.3. The van der Waals surface area contributed by atoms with E-state index in [-0.39, 0.29) is 0 Å². The third kappa shape index (κ3) is 6.75.